The van der Waals surface area contributed by atoms with E-state index in [0.717, 1.165) is 12.8 Å². The molecule has 5 heteroatoms. The van der Waals surface area contributed by atoms with Gasteiger partial charge >= 0.3 is 0 Å². The van der Waals surface area contributed by atoms with E-state index < -0.39 is 10.0 Å². The van der Waals surface area contributed by atoms with Crippen LogP contribution in [0.1, 0.15) is 26.2 Å². The van der Waals surface area contributed by atoms with Crippen LogP contribution in [0.3, 0.4) is 0 Å². The van der Waals surface area contributed by atoms with Crippen LogP contribution in [0.2, 0.25) is 0 Å². The van der Waals surface area contributed by atoms with Crippen molar-refractivity contribution in [1.82, 2.24) is 4.31 Å². The van der Waals surface area contributed by atoms with Crippen molar-refractivity contribution < 1.29 is 8.42 Å². The Kier molecular flexibility index (Phi) is 4.95. The average molecular weight is 246 g/mol. The molecule has 0 aromatic heterocycles. The van der Waals surface area contributed by atoms with Crippen molar-refractivity contribution >= 4 is 10.0 Å². The van der Waals surface area contributed by atoms with Crippen LogP contribution in [0.25, 0.3) is 0 Å². The molecule has 0 aliphatic carbocycles. The summed E-state index contributed by atoms with van der Waals surface area (Å²) in [6.45, 7) is 6.72. The van der Waals surface area contributed by atoms with Crippen molar-refractivity contribution in [3.8, 4) is 0 Å². The first-order valence-corrected chi connectivity index (χ1v) is 7.42. The molecule has 1 saturated heterocycles. The SMILES string of the molecule is C=CCCS(=O)(=O)N1CCCC(C(C)N)C1. The first kappa shape index (κ1) is 13.7. The Labute approximate surface area is 98.6 Å². The minimum absolute atomic E-state index is 0.0670. The second-order valence-electron chi connectivity index (χ2n) is 4.51. The number of hydrogen-bond donors (Lipinski definition) is 1. The number of hydrogen-bond acceptors (Lipinski definition) is 3. The number of piperidine rings is 1. The standard InChI is InChI=1S/C11H22N2O2S/c1-3-4-8-16(14,15)13-7-5-6-11(9-13)10(2)12/h3,10-11H,1,4-9,12H2,2H3. The van der Waals surface area contributed by atoms with Crippen molar-refractivity contribution in [2.75, 3.05) is 18.8 Å². The van der Waals surface area contributed by atoms with E-state index in [9.17, 15) is 8.42 Å². The highest BCUT2D eigenvalue weighted by molar-refractivity contribution is 7.89. The summed E-state index contributed by atoms with van der Waals surface area (Å²) in [5.74, 6) is 0.467. The first-order valence-electron chi connectivity index (χ1n) is 5.81. The third kappa shape index (κ3) is 3.57. The lowest BCUT2D eigenvalue weighted by Crippen LogP contribution is -2.45. The van der Waals surface area contributed by atoms with Gasteiger partial charge in [-0.05, 0) is 32.1 Å². The predicted octanol–water partition coefficient (Wildman–Crippen LogP) is 0.951. The fourth-order valence-electron chi connectivity index (χ4n) is 2.02. The Hall–Kier alpha value is -0.390. The Morgan fingerprint density at radius 2 is 2.31 bits per heavy atom. The zero-order chi connectivity index (χ0) is 12.2. The largest absolute Gasteiger partial charge is 0.328 e. The second-order valence-corrected chi connectivity index (χ2v) is 6.60. The lowest BCUT2D eigenvalue weighted by atomic mass is 9.93. The van der Waals surface area contributed by atoms with Gasteiger partial charge in [0, 0.05) is 19.1 Å². The van der Waals surface area contributed by atoms with E-state index in [2.05, 4.69) is 6.58 Å². The van der Waals surface area contributed by atoms with Gasteiger partial charge in [0.25, 0.3) is 0 Å². The molecule has 0 aromatic carbocycles. The molecule has 2 N–H and O–H groups in total. The molecule has 0 bridgehead atoms. The smallest absolute Gasteiger partial charge is 0.214 e. The number of sulfonamides is 1. The normalized spacial score (nSPS) is 25.2. The quantitative estimate of drug-likeness (QED) is 0.735. The zero-order valence-electron chi connectivity index (χ0n) is 9.93. The fraction of sp³-hybridized carbons (Fsp3) is 0.818. The summed E-state index contributed by atoms with van der Waals surface area (Å²) in [7, 11) is -3.11. The molecule has 94 valence electrons. The van der Waals surface area contributed by atoms with Crippen molar-refractivity contribution in [2.45, 2.75) is 32.2 Å². The molecule has 0 saturated carbocycles. The maximum atomic E-state index is 11.9. The molecule has 0 amide bonds. The molecule has 2 atom stereocenters. The van der Waals surface area contributed by atoms with Crippen molar-refractivity contribution in [1.29, 1.82) is 0 Å². The number of nitrogens with two attached hydrogens (primary N) is 1. The van der Waals surface area contributed by atoms with Gasteiger partial charge in [-0.1, -0.05) is 6.08 Å². The van der Waals surface area contributed by atoms with Gasteiger partial charge in [-0.3, -0.25) is 0 Å². The van der Waals surface area contributed by atoms with Crippen LogP contribution in [-0.2, 0) is 10.0 Å². The van der Waals surface area contributed by atoms with E-state index >= 15 is 0 Å². The fourth-order valence-corrected chi connectivity index (χ4v) is 3.57. The predicted molar refractivity (Wildman–Crippen MR) is 66.5 cm³/mol. The molecule has 16 heavy (non-hydrogen) atoms. The maximum absolute atomic E-state index is 11.9. The van der Waals surface area contributed by atoms with Crippen LogP contribution in [0.15, 0.2) is 12.7 Å². The Bertz CT molecular complexity index is 325. The van der Waals surface area contributed by atoms with E-state index in [0.29, 0.717) is 25.4 Å². The highest BCUT2D eigenvalue weighted by Gasteiger charge is 2.29. The van der Waals surface area contributed by atoms with E-state index in [-0.39, 0.29) is 11.8 Å². The van der Waals surface area contributed by atoms with Gasteiger partial charge in [-0.15, -0.1) is 6.58 Å². The number of nitrogens with zero attached hydrogens (tertiary/aromatic N) is 1. The highest BCUT2D eigenvalue weighted by atomic mass is 32.2. The van der Waals surface area contributed by atoms with E-state index in [1.807, 2.05) is 6.92 Å². The second kappa shape index (κ2) is 5.80. The molecular weight excluding hydrogens is 224 g/mol. The lowest BCUT2D eigenvalue weighted by molar-refractivity contribution is 0.243. The van der Waals surface area contributed by atoms with Gasteiger partial charge in [-0.2, -0.15) is 0 Å². The van der Waals surface area contributed by atoms with Crippen LogP contribution in [-0.4, -0.2) is 37.6 Å². The van der Waals surface area contributed by atoms with Crippen molar-refractivity contribution in [3.63, 3.8) is 0 Å². The molecule has 1 fully saturated rings. The lowest BCUT2D eigenvalue weighted by Gasteiger charge is -2.33. The van der Waals surface area contributed by atoms with Crippen LogP contribution in [0.4, 0.5) is 0 Å². The van der Waals surface area contributed by atoms with E-state index in [1.165, 1.54) is 0 Å². The molecule has 1 aliphatic heterocycles. The first-order chi connectivity index (χ1) is 7.47. The molecule has 2 unspecified atom stereocenters. The average Bonchev–Trinajstić information content (AvgIpc) is 2.26. The Balaban J connectivity index is 2.62. The third-order valence-electron chi connectivity index (χ3n) is 3.14. The Morgan fingerprint density at radius 3 is 2.88 bits per heavy atom. The summed E-state index contributed by atoms with van der Waals surface area (Å²) < 4.78 is 25.5. The summed E-state index contributed by atoms with van der Waals surface area (Å²) >= 11 is 0. The van der Waals surface area contributed by atoms with Gasteiger partial charge in [-0.25, -0.2) is 12.7 Å². The highest BCUT2D eigenvalue weighted by Crippen LogP contribution is 2.21. The van der Waals surface area contributed by atoms with E-state index in [4.69, 9.17) is 5.73 Å². The van der Waals surface area contributed by atoms with Gasteiger partial charge in [0.1, 0.15) is 0 Å². The van der Waals surface area contributed by atoms with Crippen LogP contribution < -0.4 is 5.73 Å². The Morgan fingerprint density at radius 1 is 1.62 bits per heavy atom. The minimum Gasteiger partial charge on any atom is -0.328 e. The maximum Gasteiger partial charge on any atom is 0.214 e. The monoisotopic (exact) mass is 246 g/mol. The number of allylic oxidation sites excluding steroid dienone is 1. The molecule has 1 aliphatic rings. The molecule has 0 spiro atoms. The molecule has 4 nitrogen and oxygen atoms in total. The molecule has 0 aromatic rings. The van der Waals surface area contributed by atoms with Gasteiger partial charge in [0.15, 0.2) is 0 Å². The topological polar surface area (TPSA) is 63.4 Å². The number of rotatable bonds is 5. The zero-order valence-corrected chi connectivity index (χ0v) is 10.7. The molecular formula is C11H22N2O2S. The van der Waals surface area contributed by atoms with Crippen LogP contribution in [0.5, 0.6) is 0 Å². The van der Waals surface area contributed by atoms with Crippen LogP contribution >= 0.6 is 0 Å². The summed E-state index contributed by atoms with van der Waals surface area (Å²) in [6.07, 6.45) is 4.11. The van der Waals surface area contributed by atoms with Gasteiger partial charge in [0.2, 0.25) is 10.0 Å². The third-order valence-corrected chi connectivity index (χ3v) is 5.01. The molecule has 1 heterocycles. The van der Waals surface area contributed by atoms with E-state index in [1.54, 1.807) is 10.4 Å². The molecule has 0 radical (unpaired) electrons. The van der Waals surface area contributed by atoms with Crippen molar-refractivity contribution in [2.24, 2.45) is 11.7 Å². The van der Waals surface area contributed by atoms with Crippen LogP contribution in [0, 0.1) is 5.92 Å². The summed E-state index contributed by atoms with van der Waals surface area (Å²) in [5.41, 5.74) is 5.84. The summed E-state index contributed by atoms with van der Waals surface area (Å²) in [5, 5.41) is 0. The summed E-state index contributed by atoms with van der Waals surface area (Å²) in [6, 6.07) is 0.0670. The van der Waals surface area contributed by atoms with Crippen molar-refractivity contribution in [3.05, 3.63) is 12.7 Å². The summed E-state index contributed by atoms with van der Waals surface area (Å²) in [4.78, 5) is 0. The van der Waals surface area contributed by atoms with Gasteiger partial charge < -0.3 is 5.73 Å². The minimum atomic E-state index is -3.11. The molecule has 1 rings (SSSR count). The van der Waals surface area contributed by atoms with Gasteiger partial charge in [0.05, 0.1) is 5.75 Å².